The Labute approximate surface area is 159 Å². The third-order valence-electron chi connectivity index (χ3n) is 3.90. The van der Waals surface area contributed by atoms with Crippen molar-refractivity contribution >= 4 is 17.6 Å². The van der Waals surface area contributed by atoms with Gasteiger partial charge in [0.15, 0.2) is 0 Å². The summed E-state index contributed by atoms with van der Waals surface area (Å²) < 4.78 is 6.61. The molecule has 0 saturated heterocycles. The minimum Gasteiger partial charge on any atom is -0.508 e. The zero-order valence-corrected chi connectivity index (χ0v) is 14.7. The molecule has 0 spiro atoms. The minimum atomic E-state index is -1.18. The molecule has 10 nitrogen and oxygen atoms in total. The van der Waals surface area contributed by atoms with E-state index in [1.807, 2.05) is 0 Å². The molecule has 0 unspecified atom stereocenters. The van der Waals surface area contributed by atoms with Gasteiger partial charge < -0.3 is 29.7 Å². The molecule has 0 aliphatic rings. The predicted octanol–water partition coefficient (Wildman–Crippen LogP) is 1.51. The molecule has 1 aromatic carbocycles. The molecule has 0 fully saturated rings. The van der Waals surface area contributed by atoms with Crippen LogP contribution in [0.2, 0.25) is 0 Å². The predicted molar refractivity (Wildman–Crippen MR) is 96.8 cm³/mol. The zero-order chi connectivity index (χ0) is 20.1. The number of nitrogens with one attached hydrogen (secondary N) is 1. The molecular formula is C18H18N4O6. The van der Waals surface area contributed by atoms with Gasteiger partial charge in [0.25, 0.3) is 0 Å². The Morgan fingerprint density at radius 3 is 2.61 bits per heavy atom. The van der Waals surface area contributed by atoms with E-state index in [0.717, 1.165) is 0 Å². The molecule has 0 atom stereocenters. The molecular weight excluding hydrogens is 368 g/mol. The van der Waals surface area contributed by atoms with Gasteiger partial charge in [-0.05, 0) is 24.3 Å². The van der Waals surface area contributed by atoms with Crippen LogP contribution in [0.1, 0.15) is 22.7 Å². The van der Waals surface area contributed by atoms with Gasteiger partial charge in [-0.25, -0.2) is 4.79 Å². The average molecular weight is 386 g/mol. The monoisotopic (exact) mass is 386 g/mol. The summed E-state index contributed by atoms with van der Waals surface area (Å²) >= 11 is 0. The lowest BCUT2D eigenvalue weighted by Gasteiger charge is -2.03. The van der Waals surface area contributed by atoms with Crippen LogP contribution < -0.4 is 5.32 Å². The molecule has 10 heteroatoms. The number of aromatic nitrogens is 3. The second-order valence-electron chi connectivity index (χ2n) is 5.96. The molecule has 2 aromatic heterocycles. The average Bonchev–Trinajstić information content (AvgIpc) is 3.28. The first kappa shape index (κ1) is 19.1. The van der Waals surface area contributed by atoms with Crippen LogP contribution in [0.25, 0.3) is 11.4 Å². The van der Waals surface area contributed by atoms with Gasteiger partial charge in [0.2, 0.25) is 17.6 Å². The van der Waals surface area contributed by atoms with E-state index >= 15 is 0 Å². The van der Waals surface area contributed by atoms with Crippen molar-refractivity contribution < 1.29 is 29.4 Å². The van der Waals surface area contributed by atoms with Crippen LogP contribution in [0.15, 0.2) is 41.2 Å². The number of nitrogens with zero attached hydrogens (tertiary/aromatic N) is 3. The molecule has 0 saturated carbocycles. The Morgan fingerprint density at radius 1 is 1.18 bits per heavy atom. The van der Waals surface area contributed by atoms with Gasteiger partial charge in [-0.1, -0.05) is 5.16 Å². The highest BCUT2D eigenvalue weighted by atomic mass is 16.5. The zero-order valence-electron chi connectivity index (χ0n) is 14.7. The number of phenolic OH excluding ortho intramolecular Hbond substituents is 1. The number of aliphatic hydroxyl groups is 1. The Balaban J connectivity index is 1.60. The number of hydrogen-bond acceptors (Lipinski definition) is 7. The van der Waals surface area contributed by atoms with Crippen molar-refractivity contribution in [3.05, 3.63) is 48.1 Å². The maximum absolute atomic E-state index is 12.2. The van der Waals surface area contributed by atoms with Crippen molar-refractivity contribution in [2.24, 2.45) is 0 Å². The van der Waals surface area contributed by atoms with E-state index in [9.17, 15) is 19.8 Å². The standard InChI is InChI=1S/C18H18N4O6/c23-8-7-22-9-13(18(26)27)14(10-22)19-15(25)5-6-16-20-17(21-28-16)11-1-3-12(24)4-2-11/h1-4,9-10,23-24H,5-8H2,(H,19,25)(H,26,27). The summed E-state index contributed by atoms with van der Waals surface area (Å²) in [5.41, 5.74) is 0.754. The lowest BCUT2D eigenvalue weighted by atomic mass is 10.2. The number of benzene rings is 1. The maximum atomic E-state index is 12.2. The summed E-state index contributed by atoms with van der Waals surface area (Å²) in [6.45, 7) is 0.0693. The van der Waals surface area contributed by atoms with Gasteiger partial charge in [0, 0.05) is 37.3 Å². The van der Waals surface area contributed by atoms with E-state index in [4.69, 9.17) is 9.63 Å². The van der Waals surface area contributed by atoms with Crippen LogP contribution >= 0.6 is 0 Å². The fraction of sp³-hybridized carbons (Fsp3) is 0.222. The summed E-state index contributed by atoms with van der Waals surface area (Å²) in [6.07, 6.45) is 2.99. The molecule has 146 valence electrons. The Morgan fingerprint density at radius 2 is 1.93 bits per heavy atom. The number of carboxylic acids is 1. The SMILES string of the molecule is O=C(CCc1nc(-c2ccc(O)cc2)no1)Nc1cn(CCO)cc1C(=O)O. The highest BCUT2D eigenvalue weighted by molar-refractivity contribution is 6.00. The molecule has 2 heterocycles. The molecule has 0 aliphatic carbocycles. The van der Waals surface area contributed by atoms with Gasteiger partial charge in [0.1, 0.15) is 11.3 Å². The van der Waals surface area contributed by atoms with Crippen LogP contribution in [0.3, 0.4) is 0 Å². The number of aromatic carboxylic acids is 1. The lowest BCUT2D eigenvalue weighted by molar-refractivity contribution is -0.116. The van der Waals surface area contributed by atoms with E-state index in [2.05, 4.69) is 15.5 Å². The number of amides is 1. The van der Waals surface area contributed by atoms with Crippen LogP contribution in [0, 0.1) is 0 Å². The van der Waals surface area contributed by atoms with Gasteiger partial charge in [-0.3, -0.25) is 4.79 Å². The second kappa shape index (κ2) is 8.35. The van der Waals surface area contributed by atoms with Gasteiger partial charge >= 0.3 is 5.97 Å². The topological polar surface area (TPSA) is 151 Å². The number of hydrogen-bond donors (Lipinski definition) is 4. The summed E-state index contributed by atoms with van der Waals surface area (Å²) in [5, 5.41) is 33.9. The van der Waals surface area contributed by atoms with E-state index in [0.29, 0.717) is 11.4 Å². The molecule has 0 bridgehead atoms. The first-order valence-corrected chi connectivity index (χ1v) is 8.42. The normalized spacial score (nSPS) is 10.8. The smallest absolute Gasteiger partial charge is 0.339 e. The van der Waals surface area contributed by atoms with Crippen LogP contribution in [-0.4, -0.2) is 48.5 Å². The number of aliphatic hydroxyl groups excluding tert-OH is 1. The van der Waals surface area contributed by atoms with Gasteiger partial charge in [0.05, 0.1) is 12.3 Å². The number of phenols is 1. The van der Waals surface area contributed by atoms with Crippen molar-refractivity contribution in [2.45, 2.75) is 19.4 Å². The number of aromatic hydroxyl groups is 1. The van der Waals surface area contributed by atoms with Gasteiger partial charge in [-0.2, -0.15) is 4.98 Å². The fourth-order valence-electron chi connectivity index (χ4n) is 2.54. The molecule has 3 rings (SSSR count). The second-order valence-corrected chi connectivity index (χ2v) is 5.96. The third-order valence-corrected chi connectivity index (χ3v) is 3.90. The number of anilines is 1. The Bertz CT molecular complexity index is 976. The van der Waals surface area contributed by atoms with E-state index < -0.39 is 11.9 Å². The number of carbonyl (C=O) groups excluding carboxylic acids is 1. The Hall–Kier alpha value is -3.66. The number of rotatable bonds is 8. The first-order chi connectivity index (χ1) is 13.5. The van der Waals surface area contributed by atoms with Crippen molar-refractivity contribution in [3.63, 3.8) is 0 Å². The summed E-state index contributed by atoms with van der Waals surface area (Å²) in [5.74, 6) is -0.868. The Kier molecular flexibility index (Phi) is 5.70. The molecule has 0 radical (unpaired) electrons. The minimum absolute atomic E-state index is 0.0153. The van der Waals surface area contributed by atoms with E-state index in [1.54, 1.807) is 12.1 Å². The lowest BCUT2D eigenvalue weighted by Crippen LogP contribution is -2.14. The fourth-order valence-corrected chi connectivity index (χ4v) is 2.54. The van der Waals surface area contributed by atoms with E-state index in [-0.39, 0.29) is 48.9 Å². The van der Waals surface area contributed by atoms with Crippen molar-refractivity contribution in [2.75, 3.05) is 11.9 Å². The molecule has 1 amide bonds. The maximum Gasteiger partial charge on any atom is 0.339 e. The van der Waals surface area contributed by atoms with Crippen molar-refractivity contribution in [3.8, 4) is 17.1 Å². The molecule has 4 N–H and O–H groups in total. The van der Waals surface area contributed by atoms with Crippen LogP contribution in [0.4, 0.5) is 5.69 Å². The molecule has 0 aliphatic heterocycles. The summed E-state index contributed by atoms with van der Waals surface area (Å²) in [7, 11) is 0. The number of aryl methyl sites for hydroxylation is 1. The highest BCUT2D eigenvalue weighted by Gasteiger charge is 2.17. The molecule has 28 heavy (non-hydrogen) atoms. The number of carbonyl (C=O) groups is 2. The van der Waals surface area contributed by atoms with Crippen molar-refractivity contribution in [1.29, 1.82) is 0 Å². The van der Waals surface area contributed by atoms with E-state index in [1.165, 1.54) is 29.1 Å². The van der Waals surface area contributed by atoms with Crippen LogP contribution in [0.5, 0.6) is 5.75 Å². The third kappa shape index (κ3) is 4.54. The highest BCUT2D eigenvalue weighted by Crippen LogP contribution is 2.20. The quantitative estimate of drug-likeness (QED) is 0.455. The first-order valence-electron chi connectivity index (χ1n) is 8.42. The largest absolute Gasteiger partial charge is 0.508 e. The summed E-state index contributed by atoms with van der Waals surface area (Å²) in [4.78, 5) is 27.6. The number of carboxylic acid groups (broad SMARTS) is 1. The molecule has 3 aromatic rings. The van der Waals surface area contributed by atoms with Crippen LogP contribution in [-0.2, 0) is 17.8 Å². The van der Waals surface area contributed by atoms with Crippen molar-refractivity contribution in [1.82, 2.24) is 14.7 Å². The van der Waals surface area contributed by atoms with Gasteiger partial charge in [-0.15, -0.1) is 0 Å². The summed E-state index contributed by atoms with van der Waals surface area (Å²) in [6, 6.07) is 6.28.